The molecule has 0 amide bonds. The Hall–Kier alpha value is -0.720. The predicted molar refractivity (Wildman–Crippen MR) is 146 cm³/mol. The molecule has 45 heavy (non-hydrogen) atoms. The van der Waals surface area contributed by atoms with Crippen molar-refractivity contribution < 1.29 is 89.3 Å². The SMILES string of the molecule is CC.CCCC1OC(CO)C(OC2OC(CO)C(O)C(OC3OCC(O)C(O)C3O)C2O)C(OC2OCC(O)C(O)C2O)C1O. The van der Waals surface area contributed by atoms with Crippen molar-refractivity contribution in [2.45, 2.75) is 144 Å². The van der Waals surface area contributed by atoms with Gasteiger partial charge in [-0.2, -0.15) is 0 Å². The van der Waals surface area contributed by atoms with E-state index in [2.05, 4.69) is 0 Å². The topological polar surface area (TPSA) is 287 Å². The lowest BCUT2D eigenvalue weighted by molar-refractivity contribution is -0.378. The Labute approximate surface area is 260 Å². The van der Waals surface area contributed by atoms with Gasteiger partial charge in [-0.3, -0.25) is 0 Å². The van der Waals surface area contributed by atoms with Gasteiger partial charge in [-0.1, -0.05) is 27.2 Å². The second-order valence-corrected chi connectivity index (χ2v) is 11.2. The van der Waals surface area contributed by atoms with Crippen LogP contribution in [0.3, 0.4) is 0 Å². The fraction of sp³-hybridized carbons (Fsp3) is 1.00. The van der Waals surface area contributed by atoms with Crippen molar-refractivity contribution in [2.75, 3.05) is 26.4 Å². The third kappa shape index (κ3) is 8.66. The quantitative estimate of drug-likeness (QED) is 0.104. The van der Waals surface area contributed by atoms with E-state index in [-0.39, 0.29) is 0 Å². The first-order chi connectivity index (χ1) is 21.4. The molecular weight excluding hydrogens is 612 g/mol. The standard InChI is InChI=1S/C25H44O18.C2H6/c1-2-3-10-15(32)22(43-24-18(35)14(31)9(29)7-38-24)20(12(5-27)39-10)41-25-19(36)21(16(33)11(4-26)40-25)42-23-17(34)13(30)8(28)6-37-23;1-2/h8-36H,2-7H2,1H3;1-2H3. The van der Waals surface area contributed by atoms with Gasteiger partial charge in [0.1, 0.15) is 85.5 Å². The van der Waals surface area contributed by atoms with E-state index in [1.54, 1.807) is 0 Å². The zero-order valence-corrected chi connectivity index (χ0v) is 25.4. The number of aliphatic hydroxyl groups excluding tert-OH is 11. The van der Waals surface area contributed by atoms with E-state index in [1.807, 2.05) is 20.8 Å². The molecule has 0 aliphatic carbocycles. The molecule has 4 rings (SSSR count). The van der Waals surface area contributed by atoms with Gasteiger partial charge in [-0.15, -0.1) is 0 Å². The maximum Gasteiger partial charge on any atom is 0.187 e. The molecule has 0 aromatic heterocycles. The van der Waals surface area contributed by atoms with Crippen molar-refractivity contribution in [3.05, 3.63) is 0 Å². The van der Waals surface area contributed by atoms with Crippen molar-refractivity contribution in [2.24, 2.45) is 0 Å². The second-order valence-electron chi connectivity index (χ2n) is 11.2. The maximum atomic E-state index is 11.2. The lowest BCUT2D eigenvalue weighted by Gasteiger charge is -2.49. The smallest absolute Gasteiger partial charge is 0.187 e. The highest BCUT2D eigenvalue weighted by Crippen LogP contribution is 2.35. The zero-order chi connectivity index (χ0) is 33.6. The minimum Gasteiger partial charge on any atom is -0.394 e. The van der Waals surface area contributed by atoms with Crippen LogP contribution in [-0.4, -0.2) is 193 Å². The zero-order valence-electron chi connectivity index (χ0n) is 25.4. The van der Waals surface area contributed by atoms with Gasteiger partial charge in [0.05, 0.1) is 32.5 Å². The molecule has 18 atom stereocenters. The van der Waals surface area contributed by atoms with Crippen molar-refractivity contribution in [3.63, 3.8) is 0 Å². The van der Waals surface area contributed by atoms with E-state index in [1.165, 1.54) is 0 Å². The molecule has 0 spiro atoms. The lowest BCUT2D eigenvalue weighted by atomic mass is 9.91. The van der Waals surface area contributed by atoms with Crippen LogP contribution in [0.4, 0.5) is 0 Å². The highest BCUT2D eigenvalue weighted by Gasteiger charge is 2.54. The van der Waals surface area contributed by atoms with E-state index < -0.39 is 137 Å². The van der Waals surface area contributed by atoms with Crippen molar-refractivity contribution >= 4 is 0 Å². The van der Waals surface area contributed by atoms with Crippen LogP contribution in [0.1, 0.15) is 33.6 Å². The summed E-state index contributed by atoms with van der Waals surface area (Å²) in [6, 6.07) is 0. The second kappa shape index (κ2) is 17.6. The Bertz CT molecular complexity index is 857. The molecule has 266 valence electrons. The summed E-state index contributed by atoms with van der Waals surface area (Å²) in [5.41, 5.74) is 0. The average Bonchev–Trinajstić information content (AvgIpc) is 3.04. The molecule has 4 aliphatic rings. The molecule has 4 saturated heterocycles. The van der Waals surface area contributed by atoms with Crippen LogP contribution in [0.5, 0.6) is 0 Å². The first-order valence-corrected chi connectivity index (χ1v) is 15.3. The average molecular weight is 663 g/mol. The van der Waals surface area contributed by atoms with Gasteiger partial charge in [-0.05, 0) is 6.42 Å². The molecule has 0 aromatic rings. The minimum absolute atomic E-state index is 0.321. The number of hydrogen-bond donors (Lipinski definition) is 11. The van der Waals surface area contributed by atoms with Gasteiger partial charge >= 0.3 is 0 Å². The Morgan fingerprint density at radius 3 is 1.47 bits per heavy atom. The fourth-order valence-corrected chi connectivity index (χ4v) is 5.58. The molecule has 0 saturated carbocycles. The van der Waals surface area contributed by atoms with E-state index in [9.17, 15) is 56.2 Å². The molecule has 0 bridgehead atoms. The Morgan fingerprint density at radius 2 is 0.978 bits per heavy atom. The van der Waals surface area contributed by atoms with Crippen LogP contribution in [0.25, 0.3) is 0 Å². The van der Waals surface area contributed by atoms with Crippen LogP contribution in [-0.2, 0) is 33.2 Å². The van der Waals surface area contributed by atoms with Gasteiger partial charge in [0.25, 0.3) is 0 Å². The molecular formula is C27H50O18. The molecule has 11 N–H and O–H groups in total. The van der Waals surface area contributed by atoms with Crippen molar-refractivity contribution in [1.82, 2.24) is 0 Å². The molecule has 0 aromatic carbocycles. The highest BCUT2D eigenvalue weighted by molar-refractivity contribution is 4.98. The summed E-state index contributed by atoms with van der Waals surface area (Å²) in [5.74, 6) is 0. The number of aliphatic hydroxyl groups is 11. The molecule has 18 unspecified atom stereocenters. The lowest BCUT2D eigenvalue weighted by Crippen LogP contribution is -2.67. The first kappa shape index (κ1) is 38.7. The predicted octanol–water partition coefficient (Wildman–Crippen LogP) is -5.59. The first-order valence-electron chi connectivity index (χ1n) is 15.3. The summed E-state index contributed by atoms with van der Waals surface area (Å²) >= 11 is 0. The molecule has 4 fully saturated rings. The molecule has 4 heterocycles. The summed E-state index contributed by atoms with van der Waals surface area (Å²) in [5, 5.41) is 113. The largest absolute Gasteiger partial charge is 0.394 e. The van der Waals surface area contributed by atoms with Gasteiger partial charge in [0, 0.05) is 0 Å². The van der Waals surface area contributed by atoms with Crippen LogP contribution in [0.2, 0.25) is 0 Å². The number of hydrogen-bond acceptors (Lipinski definition) is 18. The van der Waals surface area contributed by atoms with Gasteiger partial charge in [-0.25, -0.2) is 0 Å². The normalized spacial score (nSPS) is 49.2. The minimum atomic E-state index is -1.88. The third-order valence-electron chi connectivity index (χ3n) is 8.11. The fourth-order valence-electron chi connectivity index (χ4n) is 5.58. The van der Waals surface area contributed by atoms with E-state index in [0.29, 0.717) is 12.8 Å². The van der Waals surface area contributed by atoms with Crippen LogP contribution in [0, 0.1) is 0 Å². The van der Waals surface area contributed by atoms with Gasteiger partial charge < -0.3 is 89.3 Å². The number of rotatable bonds is 10. The van der Waals surface area contributed by atoms with E-state index in [0.717, 1.165) is 0 Å². The van der Waals surface area contributed by atoms with Crippen LogP contribution < -0.4 is 0 Å². The molecule has 4 aliphatic heterocycles. The molecule has 18 heteroatoms. The Kier molecular flexibility index (Phi) is 15.2. The molecule has 0 radical (unpaired) electrons. The monoisotopic (exact) mass is 662 g/mol. The number of ether oxygens (including phenoxy) is 7. The maximum absolute atomic E-state index is 11.2. The summed E-state index contributed by atoms with van der Waals surface area (Å²) in [6.07, 6.45) is -26.8. The summed E-state index contributed by atoms with van der Waals surface area (Å²) in [4.78, 5) is 0. The van der Waals surface area contributed by atoms with Gasteiger partial charge in [0.2, 0.25) is 0 Å². The Balaban J connectivity index is 0.00000271. The molecule has 18 nitrogen and oxygen atoms in total. The third-order valence-corrected chi connectivity index (χ3v) is 8.11. The highest BCUT2D eigenvalue weighted by atomic mass is 16.8. The summed E-state index contributed by atoms with van der Waals surface area (Å²) in [6.45, 7) is 3.51. The van der Waals surface area contributed by atoms with Gasteiger partial charge in [0.15, 0.2) is 18.9 Å². The Morgan fingerprint density at radius 1 is 0.511 bits per heavy atom. The van der Waals surface area contributed by atoms with Crippen molar-refractivity contribution in [1.29, 1.82) is 0 Å². The van der Waals surface area contributed by atoms with Crippen LogP contribution >= 0.6 is 0 Å². The van der Waals surface area contributed by atoms with E-state index in [4.69, 9.17) is 33.2 Å². The van der Waals surface area contributed by atoms with Crippen molar-refractivity contribution in [3.8, 4) is 0 Å². The van der Waals surface area contributed by atoms with Crippen LogP contribution in [0.15, 0.2) is 0 Å². The summed E-state index contributed by atoms with van der Waals surface area (Å²) in [7, 11) is 0. The van der Waals surface area contributed by atoms with E-state index >= 15 is 0 Å². The summed E-state index contributed by atoms with van der Waals surface area (Å²) < 4.78 is 39.3.